The zero-order valence-electron chi connectivity index (χ0n) is 10.5. The molecular formula is C12H18FN3O2. The number of halogens is 1. The van der Waals surface area contributed by atoms with Gasteiger partial charge < -0.3 is 21.1 Å². The van der Waals surface area contributed by atoms with Crippen molar-refractivity contribution in [1.29, 1.82) is 0 Å². The first kappa shape index (κ1) is 14.2. The standard InChI is InChI=1S/C12H18FN3O2/c1-8(12(17)15-5-6-18-2)16-11-4-3-9(13)7-10(11)14/h3-4,7-8,16H,5-6,14H2,1-2H3,(H,15,17). The smallest absolute Gasteiger partial charge is 0.242 e. The molecule has 0 aliphatic carbocycles. The minimum Gasteiger partial charge on any atom is -0.397 e. The molecule has 1 aromatic carbocycles. The summed E-state index contributed by atoms with van der Waals surface area (Å²) in [4.78, 5) is 11.7. The Morgan fingerprint density at radius 3 is 2.89 bits per heavy atom. The fourth-order valence-corrected chi connectivity index (χ4v) is 1.39. The molecule has 0 bridgehead atoms. The maximum Gasteiger partial charge on any atom is 0.242 e. The summed E-state index contributed by atoms with van der Waals surface area (Å²) < 4.78 is 17.7. The molecule has 1 amide bonds. The predicted octanol–water partition coefficient (Wildman–Crippen LogP) is 0.971. The van der Waals surface area contributed by atoms with Gasteiger partial charge in [-0.3, -0.25) is 4.79 Å². The zero-order valence-corrected chi connectivity index (χ0v) is 10.5. The minimum atomic E-state index is -0.463. The van der Waals surface area contributed by atoms with Crippen LogP contribution in [0.5, 0.6) is 0 Å². The van der Waals surface area contributed by atoms with E-state index in [4.69, 9.17) is 10.5 Å². The maximum absolute atomic E-state index is 12.8. The van der Waals surface area contributed by atoms with E-state index in [-0.39, 0.29) is 11.6 Å². The van der Waals surface area contributed by atoms with Gasteiger partial charge in [-0.1, -0.05) is 0 Å². The summed E-state index contributed by atoms with van der Waals surface area (Å²) >= 11 is 0. The number of nitrogens with two attached hydrogens (primary N) is 1. The Labute approximate surface area is 106 Å². The fraction of sp³-hybridized carbons (Fsp3) is 0.417. The molecule has 4 N–H and O–H groups in total. The molecule has 0 saturated carbocycles. The third kappa shape index (κ3) is 4.21. The van der Waals surface area contributed by atoms with E-state index in [2.05, 4.69) is 10.6 Å². The van der Waals surface area contributed by atoms with Crippen molar-refractivity contribution in [2.75, 3.05) is 31.3 Å². The van der Waals surface area contributed by atoms with E-state index in [0.29, 0.717) is 18.8 Å². The summed E-state index contributed by atoms with van der Waals surface area (Å²) in [6, 6.07) is 3.53. The van der Waals surface area contributed by atoms with E-state index in [0.717, 1.165) is 0 Å². The van der Waals surface area contributed by atoms with E-state index in [1.807, 2.05) is 0 Å². The number of rotatable bonds is 6. The third-order valence-electron chi connectivity index (χ3n) is 2.38. The van der Waals surface area contributed by atoms with Crippen LogP contribution in [-0.4, -0.2) is 32.2 Å². The normalized spacial score (nSPS) is 11.9. The number of anilines is 2. The van der Waals surface area contributed by atoms with Gasteiger partial charge in [-0.05, 0) is 25.1 Å². The lowest BCUT2D eigenvalue weighted by atomic mass is 10.2. The third-order valence-corrected chi connectivity index (χ3v) is 2.38. The number of ether oxygens (including phenoxy) is 1. The molecular weight excluding hydrogens is 237 g/mol. The van der Waals surface area contributed by atoms with Crippen LogP contribution in [0.1, 0.15) is 6.92 Å². The molecule has 0 aromatic heterocycles. The molecule has 0 spiro atoms. The number of amides is 1. The predicted molar refractivity (Wildman–Crippen MR) is 68.8 cm³/mol. The largest absolute Gasteiger partial charge is 0.397 e. The lowest BCUT2D eigenvalue weighted by Crippen LogP contribution is -2.39. The van der Waals surface area contributed by atoms with Gasteiger partial charge in [0.15, 0.2) is 0 Å². The van der Waals surface area contributed by atoms with Crippen molar-refractivity contribution in [3.05, 3.63) is 24.0 Å². The number of hydrogen-bond acceptors (Lipinski definition) is 4. The Balaban J connectivity index is 2.53. The highest BCUT2D eigenvalue weighted by atomic mass is 19.1. The highest BCUT2D eigenvalue weighted by Gasteiger charge is 2.13. The van der Waals surface area contributed by atoms with Crippen molar-refractivity contribution in [3.8, 4) is 0 Å². The van der Waals surface area contributed by atoms with Crippen LogP contribution in [0.25, 0.3) is 0 Å². The second kappa shape index (κ2) is 6.80. The fourth-order valence-electron chi connectivity index (χ4n) is 1.39. The number of carbonyl (C=O) groups excluding carboxylic acids is 1. The molecule has 18 heavy (non-hydrogen) atoms. The number of nitrogens with one attached hydrogen (secondary N) is 2. The molecule has 0 radical (unpaired) electrons. The molecule has 5 nitrogen and oxygen atoms in total. The van der Waals surface area contributed by atoms with E-state index < -0.39 is 11.9 Å². The number of carbonyl (C=O) groups is 1. The summed E-state index contributed by atoms with van der Waals surface area (Å²) in [6.45, 7) is 2.60. The Bertz CT molecular complexity index is 412. The van der Waals surface area contributed by atoms with Gasteiger partial charge in [0.05, 0.1) is 18.0 Å². The van der Waals surface area contributed by atoms with Crippen molar-refractivity contribution >= 4 is 17.3 Å². The Morgan fingerprint density at radius 2 is 2.28 bits per heavy atom. The SMILES string of the molecule is COCCNC(=O)C(C)Nc1ccc(F)cc1N. The first-order valence-corrected chi connectivity index (χ1v) is 5.62. The molecule has 0 heterocycles. The Hall–Kier alpha value is -1.82. The maximum atomic E-state index is 12.8. The Kier molecular flexibility index (Phi) is 5.38. The van der Waals surface area contributed by atoms with Crippen molar-refractivity contribution in [2.45, 2.75) is 13.0 Å². The van der Waals surface area contributed by atoms with Gasteiger partial charge in [0.1, 0.15) is 11.9 Å². The summed E-state index contributed by atoms with van der Waals surface area (Å²) in [5, 5.41) is 5.61. The van der Waals surface area contributed by atoms with E-state index in [9.17, 15) is 9.18 Å². The molecule has 1 aromatic rings. The molecule has 0 aliphatic rings. The number of benzene rings is 1. The summed E-state index contributed by atoms with van der Waals surface area (Å²) in [7, 11) is 1.56. The van der Waals surface area contributed by atoms with Crippen molar-refractivity contribution in [2.24, 2.45) is 0 Å². The highest BCUT2D eigenvalue weighted by molar-refractivity contribution is 5.85. The highest BCUT2D eigenvalue weighted by Crippen LogP contribution is 2.19. The first-order chi connectivity index (χ1) is 8.54. The number of methoxy groups -OCH3 is 1. The van der Waals surface area contributed by atoms with Crippen LogP contribution in [0, 0.1) is 5.82 Å². The summed E-state index contributed by atoms with van der Waals surface area (Å²) in [6.07, 6.45) is 0. The topological polar surface area (TPSA) is 76.4 Å². The second-order valence-electron chi connectivity index (χ2n) is 3.88. The molecule has 1 unspecified atom stereocenters. The second-order valence-corrected chi connectivity index (χ2v) is 3.88. The molecule has 100 valence electrons. The average molecular weight is 255 g/mol. The van der Waals surface area contributed by atoms with Crippen molar-refractivity contribution < 1.29 is 13.9 Å². The van der Waals surface area contributed by atoms with Crippen LogP contribution in [-0.2, 0) is 9.53 Å². The zero-order chi connectivity index (χ0) is 13.5. The van der Waals surface area contributed by atoms with Crippen molar-refractivity contribution in [3.63, 3.8) is 0 Å². The van der Waals surface area contributed by atoms with Gasteiger partial charge in [-0.25, -0.2) is 4.39 Å². The molecule has 0 saturated heterocycles. The van der Waals surface area contributed by atoms with Gasteiger partial charge in [0, 0.05) is 13.7 Å². The van der Waals surface area contributed by atoms with Crippen LogP contribution < -0.4 is 16.4 Å². The summed E-state index contributed by atoms with van der Waals surface area (Å²) in [5.74, 6) is -0.578. The minimum absolute atomic E-state index is 0.171. The molecule has 0 aliphatic heterocycles. The van der Waals surface area contributed by atoms with E-state index in [1.165, 1.54) is 18.2 Å². The summed E-state index contributed by atoms with van der Waals surface area (Å²) in [5.41, 5.74) is 6.44. The van der Waals surface area contributed by atoms with Gasteiger partial charge in [-0.2, -0.15) is 0 Å². The van der Waals surface area contributed by atoms with Gasteiger partial charge >= 0.3 is 0 Å². The number of hydrogen-bond donors (Lipinski definition) is 3. The molecule has 1 atom stereocenters. The van der Waals surface area contributed by atoms with E-state index >= 15 is 0 Å². The molecule has 0 fully saturated rings. The van der Waals surface area contributed by atoms with Crippen LogP contribution in [0.15, 0.2) is 18.2 Å². The van der Waals surface area contributed by atoms with Crippen LogP contribution in [0.3, 0.4) is 0 Å². The lowest BCUT2D eigenvalue weighted by Gasteiger charge is -2.16. The molecule has 6 heteroatoms. The van der Waals surface area contributed by atoms with Gasteiger partial charge in [0.25, 0.3) is 0 Å². The average Bonchev–Trinajstić information content (AvgIpc) is 2.32. The van der Waals surface area contributed by atoms with Crippen molar-refractivity contribution in [1.82, 2.24) is 5.32 Å². The number of nitrogen functional groups attached to an aromatic ring is 1. The quantitative estimate of drug-likeness (QED) is 0.523. The van der Waals surface area contributed by atoms with Crippen LogP contribution in [0.2, 0.25) is 0 Å². The van der Waals surface area contributed by atoms with Gasteiger partial charge in [0.2, 0.25) is 5.91 Å². The van der Waals surface area contributed by atoms with Crippen LogP contribution in [0.4, 0.5) is 15.8 Å². The van der Waals surface area contributed by atoms with E-state index in [1.54, 1.807) is 14.0 Å². The monoisotopic (exact) mass is 255 g/mol. The lowest BCUT2D eigenvalue weighted by molar-refractivity contribution is -0.121. The first-order valence-electron chi connectivity index (χ1n) is 5.62. The van der Waals surface area contributed by atoms with Gasteiger partial charge in [-0.15, -0.1) is 0 Å². The Morgan fingerprint density at radius 1 is 1.56 bits per heavy atom. The molecule has 1 rings (SSSR count). The van der Waals surface area contributed by atoms with Crippen LogP contribution >= 0.6 is 0 Å².